The number of piperidine rings is 2. The third-order valence-electron chi connectivity index (χ3n) is 11.6. The van der Waals surface area contributed by atoms with Crippen LogP contribution >= 0.6 is 0 Å². The average Bonchev–Trinajstić information content (AvgIpc) is 3.54. The topological polar surface area (TPSA) is 178 Å². The standard InChI is InChI=1S/C44H52F3N9O5S/c1-26-24-49-43(53-40(26)50-29-11-12-31(45)35(23-29)54-62(60,61)44(2,3)4)51-30-21-32(46)38(33(47)22-30)27-15-19-55(20-16-27)18-7-5-6-17-48-34-10-8-9-28-25-56(42(59)39(28)34)36-13-14-37(57)52-41(36)58/h8-12,21-24,27,36,48,54H,5-7,13-20,25H2,1-4H3,(H,52,57,58)(H2,49,50,51,53). The Balaban J connectivity index is 0.866. The number of halogens is 3. The number of benzene rings is 3. The maximum absolute atomic E-state index is 15.6. The van der Waals surface area contributed by atoms with Crippen molar-refractivity contribution in [2.75, 3.05) is 46.9 Å². The lowest BCUT2D eigenvalue weighted by atomic mass is 9.88. The number of fused-ring (bicyclic) bond motifs is 1. The molecule has 18 heteroatoms. The molecule has 0 saturated carbocycles. The number of carbonyl (C=O) groups is 3. The van der Waals surface area contributed by atoms with Crippen LogP contribution in [0.4, 0.5) is 47.7 Å². The molecule has 0 spiro atoms. The number of rotatable bonds is 15. The molecule has 3 aliphatic rings. The minimum Gasteiger partial charge on any atom is -0.384 e. The quantitative estimate of drug-likeness (QED) is 0.0592. The van der Waals surface area contributed by atoms with E-state index in [4.69, 9.17) is 0 Å². The molecule has 0 radical (unpaired) electrons. The molecule has 0 aliphatic carbocycles. The second-order valence-corrected chi connectivity index (χ2v) is 19.5. The van der Waals surface area contributed by atoms with E-state index >= 15 is 8.78 Å². The number of imide groups is 1. The number of unbranched alkanes of at least 4 members (excludes halogenated alkanes) is 2. The molecule has 14 nitrogen and oxygen atoms in total. The summed E-state index contributed by atoms with van der Waals surface area (Å²) < 4.78 is 72.2. The Morgan fingerprint density at radius 1 is 0.871 bits per heavy atom. The van der Waals surface area contributed by atoms with Crippen molar-refractivity contribution in [3.8, 4) is 0 Å². The summed E-state index contributed by atoms with van der Waals surface area (Å²) in [6.07, 6.45) is 6.05. The fourth-order valence-electron chi connectivity index (χ4n) is 7.99. The molecule has 5 N–H and O–H groups in total. The van der Waals surface area contributed by atoms with Gasteiger partial charge in [-0.3, -0.25) is 24.4 Å². The van der Waals surface area contributed by atoms with Crippen LogP contribution in [0.2, 0.25) is 0 Å². The van der Waals surface area contributed by atoms with Gasteiger partial charge in [0.25, 0.3) is 5.91 Å². The van der Waals surface area contributed by atoms with Gasteiger partial charge in [-0.1, -0.05) is 18.6 Å². The van der Waals surface area contributed by atoms with Crippen molar-refractivity contribution in [1.29, 1.82) is 0 Å². The monoisotopic (exact) mass is 875 g/mol. The summed E-state index contributed by atoms with van der Waals surface area (Å²) in [6.45, 7) is 9.55. The second-order valence-electron chi connectivity index (χ2n) is 17.1. The Morgan fingerprint density at radius 2 is 1.61 bits per heavy atom. The predicted octanol–water partition coefficient (Wildman–Crippen LogP) is 7.45. The third-order valence-corrected chi connectivity index (χ3v) is 13.7. The maximum Gasteiger partial charge on any atom is 0.257 e. The van der Waals surface area contributed by atoms with Crippen molar-refractivity contribution < 1.29 is 36.0 Å². The Hall–Kier alpha value is -5.75. The zero-order valence-electron chi connectivity index (χ0n) is 35.2. The average molecular weight is 876 g/mol. The number of nitrogens with one attached hydrogen (secondary N) is 5. The second kappa shape index (κ2) is 18.3. The molecule has 4 aromatic rings. The lowest BCUT2D eigenvalue weighted by molar-refractivity contribution is -0.136. The van der Waals surface area contributed by atoms with Gasteiger partial charge in [-0.25, -0.2) is 26.6 Å². The number of aryl methyl sites for hydroxylation is 1. The van der Waals surface area contributed by atoms with Crippen LogP contribution in [-0.4, -0.2) is 82.9 Å². The number of amides is 3. The van der Waals surface area contributed by atoms with E-state index in [0.717, 1.165) is 43.1 Å². The molecule has 2 fully saturated rings. The lowest BCUT2D eigenvalue weighted by Gasteiger charge is -2.32. The molecule has 62 heavy (non-hydrogen) atoms. The zero-order chi connectivity index (χ0) is 44.3. The summed E-state index contributed by atoms with van der Waals surface area (Å²) in [4.78, 5) is 50.0. The Morgan fingerprint density at radius 3 is 2.32 bits per heavy atom. The van der Waals surface area contributed by atoms with E-state index in [9.17, 15) is 27.2 Å². The highest BCUT2D eigenvalue weighted by molar-refractivity contribution is 7.94. The minimum atomic E-state index is -3.89. The molecule has 3 aliphatic heterocycles. The van der Waals surface area contributed by atoms with Crippen LogP contribution in [0.1, 0.15) is 98.7 Å². The molecule has 330 valence electrons. The SMILES string of the molecule is Cc1cnc(Nc2cc(F)c(C3CCN(CCCCCNc4cccc5c4C(=O)N(C4CCC(=O)NC4=O)C5)CC3)c(F)c2)nc1Nc1ccc(F)c(NS(=O)(=O)C(C)(C)C)c1. The van der Waals surface area contributed by atoms with Crippen molar-refractivity contribution in [3.05, 3.63) is 94.4 Å². The predicted molar refractivity (Wildman–Crippen MR) is 232 cm³/mol. The van der Waals surface area contributed by atoms with E-state index in [1.807, 2.05) is 18.2 Å². The van der Waals surface area contributed by atoms with Crippen LogP contribution < -0.4 is 26.0 Å². The van der Waals surface area contributed by atoms with Gasteiger partial charge in [0.1, 0.15) is 29.3 Å². The summed E-state index contributed by atoms with van der Waals surface area (Å²) in [5.41, 5.74) is 3.09. The number of nitrogens with zero attached hydrogens (tertiary/aromatic N) is 4. The van der Waals surface area contributed by atoms with Crippen LogP contribution in [-0.2, 0) is 26.2 Å². The van der Waals surface area contributed by atoms with Gasteiger partial charge in [0, 0.05) is 53.9 Å². The van der Waals surface area contributed by atoms with Crippen molar-refractivity contribution in [2.45, 2.75) is 95.9 Å². The van der Waals surface area contributed by atoms with E-state index in [1.54, 1.807) is 11.8 Å². The molecule has 1 aromatic heterocycles. The molecule has 1 unspecified atom stereocenters. The largest absolute Gasteiger partial charge is 0.384 e. The Labute approximate surface area is 359 Å². The highest BCUT2D eigenvalue weighted by Gasteiger charge is 2.40. The highest BCUT2D eigenvalue weighted by Crippen LogP contribution is 2.35. The third kappa shape index (κ3) is 9.96. The van der Waals surface area contributed by atoms with Gasteiger partial charge in [-0.15, -0.1) is 0 Å². The number of carbonyl (C=O) groups excluding carboxylic acids is 3. The van der Waals surface area contributed by atoms with Crippen molar-refractivity contribution >= 4 is 62.3 Å². The molecule has 2 saturated heterocycles. The van der Waals surface area contributed by atoms with Gasteiger partial charge in [-0.05, 0) is 127 Å². The zero-order valence-corrected chi connectivity index (χ0v) is 36.0. The smallest absolute Gasteiger partial charge is 0.257 e. The first-order valence-electron chi connectivity index (χ1n) is 20.9. The van der Waals surface area contributed by atoms with Gasteiger partial charge >= 0.3 is 0 Å². The van der Waals surface area contributed by atoms with Crippen LogP contribution in [0, 0.1) is 24.4 Å². The van der Waals surface area contributed by atoms with Crippen LogP contribution in [0.15, 0.2) is 54.7 Å². The van der Waals surface area contributed by atoms with Crippen LogP contribution in [0.3, 0.4) is 0 Å². The fourth-order valence-corrected chi connectivity index (χ4v) is 8.74. The number of aromatic nitrogens is 2. The molecule has 3 aromatic carbocycles. The van der Waals surface area contributed by atoms with Gasteiger partial charge in [0.15, 0.2) is 0 Å². The number of sulfonamides is 1. The van der Waals surface area contributed by atoms with Crippen molar-refractivity contribution in [3.63, 3.8) is 0 Å². The van der Waals surface area contributed by atoms with E-state index in [-0.39, 0.29) is 47.0 Å². The van der Waals surface area contributed by atoms with Crippen molar-refractivity contribution in [2.24, 2.45) is 0 Å². The maximum atomic E-state index is 15.6. The normalized spacial score (nSPS) is 17.5. The van der Waals surface area contributed by atoms with E-state index < -0.39 is 44.2 Å². The first-order valence-corrected chi connectivity index (χ1v) is 22.4. The minimum absolute atomic E-state index is 0.0570. The fraction of sp³-hybridized carbons (Fsp3) is 0.432. The van der Waals surface area contributed by atoms with Crippen LogP contribution in [0.5, 0.6) is 0 Å². The van der Waals surface area contributed by atoms with Gasteiger partial charge in [-0.2, -0.15) is 4.98 Å². The van der Waals surface area contributed by atoms with Crippen LogP contribution in [0.25, 0.3) is 0 Å². The lowest BCUT2D eigenvalue weighted by Crippen LogP contribution is -2.52. The molecule has 1 atom stereocenters. The van der Waals surface area contributed by atoms with Gasteiger partial charge in [0.05, 0.1) is 16.0 Å². The van der Waals surface area contributed by atoms with Crippen molar-refractivity contribution in [1.82, 2.24) is 25.1 Å². The number of anilines is 6. The van der Waals surface area contributed by atoms with E-state index in [0.29, 0.717) is 68.1 Å². The molecule has 4 heterocycles. The molecular formula is C44H52F3N9O5S. The van der Waals surface area contributed by atoms with Gasteiger partial charge in [0.2, 0.25) is 27.8 Å². The number of likely N-dealkylation sites (tertiary alicyclic amines) is 1. The summed E-state index contributed by atoms with van der Waals surface area (Å²) in [6, 6.07) is 11.3. The molecular weight excluding hydrogens is 824 g/mol. The summed E-state index contributed by atoms with van der Waals surface area (Å²) in [7, 11) is -3.89. The molecule has 3 amide bonds. The summed E-state index contributed by atoms with van der Waals surface area (Å²) in [5.74, 6) is -2.92. The molecule has 7 rings (SSSR count). The first-order chi connectivity index (χ1) is 29.5. The number of hydrogen-bond acceptors (Lipinski definition) is 11. The van der Waals surface area contributed by atoms with Gasteiger partial charge < -0.3 is 25.8 Å². The first kappa shape index (κ1) is 44.3. The summed E-state index contributed by atoms with van der Waals surface area (Å²) in [5, 5.41) is 11.7. The van der Waals surface area contributed by atoms with E-state index in [2.05, 4.69) is 40.9 Å². The Kier molecular flexibility index (Phi) is 13.1. The highest BCUT2D eigenvalue weighted by atomic mass is 32.2. The number of hydrogen-bond donors (Lipinski definition) is 5. The Bertz CT molecular complexity index is 2450. The molecule has 0 bridgehead atoms. The summed E-state index contributed by atoms with van der Waals surface area (Å²) >= 11 is 0. The van der Waals surface area contributed by atoms with E-state index in [1.165, 1.54) is 51.2 Å².